The average Bonchev–Trinajstić information content (AvgIpc) is 2.76. The van der Waals surface area contributed by atoms with Crippen molar-refractivity contribution in [2.24, 2.45) is 5.73 Å². The molecule has 21 heavy (non-hydrogen) atoms. The highest BCUT2D eigenvalue weighted by Gasteiger charge is 2.17. The molecule has 2 heterocycles. The number of amides is 1. The Balaban J connectivity index is 2.08. The fourth-order valence-corrected chi connectivity index (χ4v) is 3.11. The SMILES string of the molecule is Cc1cccc(Sc2c(OC(N)=O)[nH]c3cccnc23)c1. The predicted molar refractivity (Wildman–Crippen MR) is 81.6 cm³/mol. The van der Waals surface area contributed by atoms with Crippen LogP contribution in [0.25, 0.3) is 11.0 Å². The minimum Gasteiger partial charge on any atom is -0.392 e. The van der Waals surface area contributed by atoms with E-state index in [9.17, 15) is 4.79 Å². The number of benzene rings is 1. The Hall–Kier alpha value is -2.47. The molecule has 3 rings (SSSR count). The number of primary amides is 1. The molecule has 5 nitrogen and oxygen atoms in total. The van der Waals surface area contributed by atoms with Crippen molar-refractivity contribution in [1.29, 1.82) is 0 Å². The van der Waals surface area contributed by atoms with Crippen LogP contribution in [-0.4, -0.2) is 16.1 Å². The highest BCUT2D eigenvalue weighted by molar-refractivity contribution is 7.99. The summed E-state index contributed by atoms with van der Waals surface area (Å²) in [5.41, 5.74) is 7.82. The van der Waals surface area contributed by atoms with E-state index in [4.69, 9.17) is 10.5 Å². The van der Waals surface area contributed by atoms with E-state index >= 15 is 0 Å². The molecule has 0 aliphatic rings. The van der Waals surface area contributed by atoms with Gasteiger partial charge in [0.05, 0.1) is 5.52 Å². The maximum absolute atomic E-state index is 11.1. The fraction of sp³-hybridized carbons (Fsp3) is 0.0667. The van der Waals surface area contributed by atoms with Gasteiger partial charge in [-0.1, -0.05) is 29.5 Å². The minimum atomic E-state index is -0.854. The largest absolute Gasteiger partial charge is 0.411 e. The number of aryl methyl sites for hydroxylation is 1. The molecule has 3 aromatic rings. The first-order valence-corrected chi connectivity index (χ1v) is 7.13. The zero-order valence-corrected chi connectivity index (χ0v) is 12.1. The molecule has 0 atom stereocenters. The molecule has 1 aromatic carbocycles. The average molecular weight is 299 g/mol. The van der Waals surface area contributed by atoms with Crippen LogP contribution >= 0.6 is 11.8 Å². The molecule has 0 saturated carbocycles. The van der Waals surface area contributed by atoms with Crippen molar-refractivity contribution in [2.75, 3.05) is 0 Å². The van der Waals surface area contributed by atoms with Gasteiger partial charge in [-0.3, -0.25) is 4.98 Å². The summed E-state index contributed by atoms with van der Waals surface area (Å²) in [4.78, 5) is 20.2. The van der Waals surface area contributed by atoms with E-state index in [0.29, 0.717) is 5.88 Å². The van der Waals surface area contributed by atoms with Crippen molar-refractivity contribution >= 4 is 28.9 Å². The number of aromatic nitrogens is 2. The molecule has 0 aliphatic heterocycles. The lowest BCUT2D eigenvalue weighted by atomic mass is 10.2. The summed E-state index contributed by atoms with van der Waals surface area (Å²) in [7, 11) is 0. The second kappa shape index (κ2) is 5.49. The first-order chi connectivity index (χ1) is 10.1. The van der Waals surface area contributed by atoms with Crippen molar-refractivity contribution in [3.8, 4) is 5.88 Å². The van der Waals surface area contributed by atoms with Crippen LogP contribution in [0.15, 0.2) is 52.4 Å². The molecule has 0 aliphatic carbocycles. The molecule has 0 radical (unpaired) electrons. The monoisotopic (exact) mass is 299 g/mol. The number of hydrogen-bond donors (Lipinski definition) is 2. The number of carbonyl (C=O) groups is 1. The Morgan fingerprint density at radius 3 is 2.95 bits per heavy atom. The summed E-state index contributed by atoms with van der Waals surface area (Å²) in [6, 6.07) is 11.7. The lowest BCUT2D eigenvalue weighted by molar-refractivity contribution is 0.208. The van der Waals surface area contributed by atoms with Crippen molar-refractivity contribution in [3.05, 3.63) is 48.2 Å². The van der Waals surface area contributed by atoms with Crippen LogP contribution in [0.3, 0.4) is 0 Å². The summed E-state index contributed by atoms with van der Waals surface area (Å²) in [5, 5.41) is 0. The van der Waals surface area contributed by atoms with Crippen LogP contribution in [-0.2, 0) is 0 Å². The van der Waals surface area contributed by atoms with Crippen LogP contribution in [0.1, 0.15) is 5.56 Å². The molecule has 106 valence electrons. The Morgan fingerprint density at radius 2 is 2.19 bits per heavy atom. The third-order valence-corrected chi connectivity index (χ3v) is 3.96. The Morgan fingerprint density at radius 1 is 1.33 bits per heavy atom. The highest BCUT2D eigenvalue weighted by atomic mass is 32.2. The number of ether oxygens (including phenoxy) is 1. The molecular formula is C15H13N3O2S. The van der Waals surface area contributed by atoms with Crippen molar-refractivity contribution in [1.82, 2.24) is 9.97 Å². The number of H-pyrrole nitrogens is 1. The quantitative estimate of drug-likeness (QED) is 0.775. The standard InChI is InChI=1S/C15H13N3O2S/c1-9-4-2-5-10(8-9)21-13-12-11(6-3-7-17-12)18-14(13)20-15(16)19/h2-8,18H,1H3,(H2,16,19). The van der Waals surface area contributed by atoms with Gasteiger partial charge in [0, 0.05) is 11.1 Å². The lowest BCUT2D eigenvalue weighted by Gasteiger charge is -2.04. The van der Waals surface area contributed by atoms with Gasteiger partial charge in [-0.05, 0) is 31.2 Å². The van der Waals surface area contributed by atoms with E-state index in [2.05, 4.69) is 16.0 Å². The molecule has 1 amide bonds. The number of rotatable bonds is 3. The Bertz CT molecular complexity index is 814. The van der Waals surface area contributed by atoms with E-state index in [1.54, 1.807) is 6.20 Å². The zero-order chi connectivity index (χ0) is 14.8. The van der Waals surface area contributed by atoms with E-state index in [1.807, 2.05) is 37.3 Å². The van der Waals surface area contributed by atoms with E-state index in [0.717, 1.165) is 26.4 Å². The Labute approximate surface area is 125 Å². The molecule has 6 heteroatoms. The molecule has 0 spiro atoms. The van der Waals surface area contributed by atoms with Crippen LogP contribution < -0.4 is 10.5 Å². The molecule has 0 fully saturated rings. The van der Waals surface area contributed by atoms with Gasteiger partial charge in [-0.2, -0.15) is 0 Å². The number of carbonyl (C=O) groups excluding carboxylic acids is 1. The molecule has 0 unspecified atom stereocenters. The maximum Gasteiger partial charge on any atom is 0.411 e. The number of nitrogens with zero attached hydrogens (tertiary/aromatic N) is 1. The summed E-state index contributed by atoms with van der Waals surface area (Å²) in [6.07, 6.45) is 0.845. The second-order valence-corrected chi connectivity index (χ2v) is 5.61. The topological polar surface area (TPSA) is 81.0 Å². The number of hydrogen-bond acceptors (Lipinski definition) is 4. The van der Waals surface area contributed by atoms with Crippen molar-refractivity contribution in [3.63, 3.8) is 0 Å². The molecular weight excluding hydrogens is 286 g/mol. The van der Waals surface area contributed by atoms with Crippen LogP contribution in [0, 0.1) is 6.92 Å². The van der Waals surface area contributed by atoms with Gasteiger partial charge < -0.3 is 15.5 Å². The summed E-state index contributed by atoms with van der Waals surface area (Å²) < 4.78 is 5.06. The predicted octanol–water partition coefficient (Wildman–Crippen LogP) is 3.48. The van der Waals surface area contributed by atoms with E-state index in [-0.39, 0.29) is 0 Å². The van der Waals surface area contributed by atoms with E-state index in [1.165, 1.54) is 11.8 Å². The van der Waals surface area contributed by atoms with Crippen molar-refractivity contribution < 1.29 is 9.53 Å². The van der Waals surface area contributed by atoms with E-state index < -0.39 is 6.09 Å². The van der Waals surface area contributed by atoms with Gasteiger partial charge >= 0.3 is 6.09 Å². The summed E-state index contributed by atoms with van der Waals surface area (Å²) >= 11 is 1.48. The number of pyridine rings is 1. The molecule has 0 saturated heterocycles. The Kier molecular flexibility index (Phi) is 3.53. The zero-order valence-electron chi connectivity index (χ0n) is 11.3. The molecule has 2 aromatic heterocycles. The molecule has 3 N–H and O–H groups in total. The van der Waals surface area contributed by atoms with Crippen LogP contribution in [0.2, 0.25) is 0 Å². The lowest BCUT2D eigenvalue weighted by Crippen LogP contribution is -2.16. The van der Waals surface area contributed by atoms with Crippen molar-refractivity contribution in [2.45, 2.75) is 16.7 Å². The number of aromatic amines is 1. The smallest absolute Gasteiger partial charge is 0.392 e. The highest BCUT2D eigenvalue weighted by Crippen LogP contribution is 2.39. The third-order valence-electron chi connectivity index (χ3n) is 2.89. The van der Waals surface area contributed by atoms with Gasteiger partial charge in [0.25, 0.3) is 0 Å². The molecule has 0 bridgehead atoms. The second-order valence-electron chi connectivity index (χ2n) is 4.52. The summed E-state index contributed by atoms with van der Waals surface area (Å²) in [6.45, 7) is 2.03. The van der Waals surface area contributed by atoms with Gasteiger partial charge in [0.2, 0.25) is 5.88 Å². The third kappa shape index (κ3) is 2.85. The maximum atomic E-state index is 11.1. The van der Waals surface area contributed by atoms with Gasteiger partial charge in [-0.15, -0.1) is 0 Å². The number of nitrogens with two attached hydrogens (primary N) is 1. The van der Waals surface area contributed by atoms with Gasteiger partial charge in [-0.25, -0.2) is 4.79 Å². The van der Waals surface area contributed by atoms with Crippen LogP contribution in [0.4, 0.5) is 4.79 Å². The number of fused-ring (bicyclic) bond motifs is 1. The first kappa shape index (κ1) is 13.5. The summed E-state index contributed by atoms with van der Waals surface area (Å²) in [5.74, 6) is 0.322. The van der Waals surface area contributed by atoms with Gasteiger partial charge in [0.1, 0.15) is 10.4 Å². The first-order valence-electron chi connectivity index (χ1n) is 6.32. The minimum absolute atomic E-state index is 0.322. The van der Waals surface area contributed by atoms with Gasteiger partial charge in [0.15, 0.2) is 0 Å². The normalized spacial score (nSPS) is 10.7. The van der Waals surface area contributed by atoms with Crippen LogP contribution in [0.5, 0.6) is 5.88 Å². The number of nitrogens with one attached hydrogen (secondary N) is 1. The fourth-order valence-electron chi connectivity index (χ4n) is 2.04.